The van der Waals surface area contributed by atoms with E-state index in [2.05, 4.69) is 32.0 Å². The number of hydrogen-bond acceptors (Lipinski definition) is 3. The minimum Gasteiger partial charge on any atom is -0.321 e. The molecule has 0 aliphatic heterocycles. The van der Waals surface area contributed by atoms with E-state index in [4.69, 9.17) is 23.2 Å². The summed E-state index contributed by atoms with van der Waals surface area (Å²) >= 11 is 15.4. The Morgan fingerprint density at radius 3 is 2.21 bits per heavy atom. The van der Waals surface area contributed by atoms with E-state index in [1.165, 1.54) is 10.7 Å². The first-order chi connectivity index (χ1) is 16.2. The summed E-state index contributed by atoms with van der Waals surface area (Å²) in [5, 5.41) is 6.57. The van der Waals surface area contributed by atoms with Crippen LogP contribution in [0.3, 0.4) is 0 Å². The lowest BCUT2D eigenvalue weighted by atomic mass is 10.2. The summed E-state index contributed by atoms with van der Waals surface area (Å²) in [6, 6.07) is 18.6. The molecule has 0 radical (unpaired) electrons. The van der Waals surface area contributed by atoms with E-state index in [0.29, 0.717) is 27.3 Å². The summed E-state index contributed by atoms with van der Waals surface area (Å²) in [5.74, 6) is -2.34. The number of benzene rings is 3. The number of amides is 3. The number of fused-ring (bicyclic) bond motifs is 1. The molecule has 34 heavy (non-hydrogen) atoms. The topological polar surface area (TPSA) is 92.2 Å². The van der Waals surface area contributed by atoms with Crippen LogP contribution in [0.25, 0.3) is 10.9 Å². The number of aryl methyl sites for hydroxylation is 1. The van der Waals surface area contributed by atoms with Crippen molar-refractivity contribution in [1.82, 2.24) is 4.68 Å². The summed E-state index contributed by atoms with van der Waals surface area (Å²) in [5.41, 5.74) is 5.06. The SMILES string of the molecule is Cc1ccc(NC(=O)C(=O)Nn2c(C(=O)Nc3ccc(Cl)c(Cl)c3)cc3cc(Br)ccc32)cc1. The second-order valence-corrected chi connectivity index (χ2v) is 9.14. The van der Waals surface area contributed by atoms with Gasteiger partial charge >= 0.3 is 11.8 Å². The van der Waals surface area contributed by atoms with Gasteiger partial charge in [0.25, 0.3) is 5.91 Å². The van der Waals surface area contributed by atoms with Gasteiger partial charge in [-0.3, -0.25) is 19.8 Å². The number of nitrogens with zero attached hydrogens (tertiary/aromatic N) is 1. The first kappa shape index (κ1) is 23.8. The van der Waals surface area contributed by atoms with Gasteiger partial charge in [0.2, 0.25) is 0 Å². The number of hydrogen-bond donors (Lipinski definition) is 3. The van der Waals surface area contributed by atoms with Crippen LogP contribution in [0.2, 0.25) is 10.0 Å². The van der Waals surface area contributed by atoms with Crippen LogP contribution in [-0.4, -0.2) is 22.4 Å². The van der Waals surface area contributed by atoms with Gasteiger partial charge in [-0.2, -0.15) is 0 Å². The van der Waals surface area contributed by atoms with Gasteiger partial charge in [-0.1, -0.05) is 56.8 Å². The van der Waals surface area contributed by atoms with Gasteiger partial charge < -0.3 is 10.6 Å². The van der Waals surface area contributed by atoms with Crippen LogP contribution in [-0.2, 0) is 9.59 Å². The van der Waals surface area contributed by atoms with Crippen molar-refractivity contribution >= 4 is 79.1 Å². The highest BCUT2D eigenvalue weighted by molar-refractivity contribution is 9.10. The number of aromatic nitrogens is 1. The molecule has 0 saturated carbocycles. The molecule has 1 heterocycles. The predicted octanol–water partition coefficient (Wildman–Crippen LogP) is 5.98. The van der Waals surface area contributed by atoms with Gasteiger partial charge in [0, 0.05) is 21.2 Å². The Kier molecular flexibility index (Phi) is 6.92. The molecule has 0 aliphatic rings. The van der Waals surface area contributed by atoms with E-state index >= 15 is 0 Å². The normalized spacial score (nSPS) is 10.7. The first-order valence-electron chi connectivity index (χ1n) is 9.97. The Labute approximate surface area is 213 Å². The summed E-state index contributed by atoms with van der Waals surface area (Å²) in [6.45, 7) is 1.92. The highest BCUT2D eigenvalue weighted by atomic mass is 79.9. The van der Waals surface area contributed by atoms with E-state index < -0.39 is 17.7 Å². The molecule has 3 N–H and O–H groups in total. The molecule has 0 spiro atoms. The Morgan fingerprint density at radius 2 is 1.50 bits per heavy atom. The van der Waals surface area contributed by atoms with E-state index in [0.717, 1.165) is 10.0 Å². The zero-order valence-corrected chi connectivity index (χ0v) is 20.8. The molecule has 1 aromatic heterocycles. The summed E-state index contributed by atoms with van der Waals surface area (Å²) in [6.07, 6.45) is 0. The van der Waals surface area contributed by atoms with Crippen molar-refractivity contribution in [1.29, 1.82) is 0 Å². The first-order valence-corrected chi connectivity index (χ1v) is 11.5. The highest BCUT2D eigenvalue weighted by Crippen LogP contribution is 2.27. The minimum atomic E-state index is -0.940. The van der Waals surface area contributed by atoms with Crippen molar-refractivity contribution in [3.05, 3.63) is 92.5 Å². The smallest absolute Gasteiger partial charge is 0.321 e. The van der Waals surface area contributed by atoms with Gasteiger partial charge in [0.1, 0.15) is 5.69 Å². The number of rotatable bonds is 4. The molecule has 10 heteroatoms. The van der Waals surface area contributed by atoms with Crippen molar-refractivity contribution in [3.63, 3.8) is 0 Å². The lowest BCUT2D eigenvalue weighted by Crippen LogP contribution is -2.36. The third-order valence-corrected chi connectivity index (χ3v) is 6.14. The van der Waals surface area contributed by atoms with Gasteiger partial charge in [-0.05, 0) is 61.5 Å². The molecule has 7 nitrogen and oxygen atoms in total. The second-order valence-electron chi connectivity index (χ2n) is 7.41. The monoisotopic (exact) mass is 558 g/mol. The fourth-order valence-electron chi connectivity index (χ4n) is 3.22. The maximum Gasteiger partial charge on any atom is 0.328 e. The molecule has 4 rings (SSSR count). The molecule has 0 fully saturated rings. The van der Waals surface area contributed by atoms with Crippen LogP contribution in [0, 0.1) is 6.92 Å². The predicted molar refractivity (Wildman–Crippen MR) is 138 cm³/mol. The molecule has 0 atom stereocenters. The lowest BCUT2D eigenvalue weighted by Gasteiger charge is -2.13. The number of carbonyl (C=O) groups excluding carboxylic acids is 3. The molecule has 0 saturated heterocycles. The second kappa shape index (κ2) is 9.89. The van der Waals surface area contributed by atoms with Crippen molar-refractivity contribution in [2.24, 2.45) is 0 Å². The molecule has 4 aromatic rings. The molecule has 3 aromatic carbocycles. The Bertz CT molecular complexity index is 1430. The standard InChI is InChI=1S/C24H17BrCl2N4O3/c1-13-2-5-16(6-3-13)28-23(33)24(34)30-31-20-9-4-15(25)10-14(20)11-21(31)22(32)29-17-7-8-18(26)19(27)12-17/h2-12H,1H3,(H,28,33)(H,29,32)(H,30,34). The van der Waals surface area contributed by atoms with Crippen molar-refractivity contribution in [3.8, 4) is 0 Å². The fourth-order valence-corrected chi connectivity index (χ4v) is 3.90. The van der Waals surface area contributed by atoms with E-state index in [1.807, 2.05) is 19.1 Å². The maximum atomic E-state index is 13.1. The van der Waals surface area contributed by atoms with Crippen molar-refractivity contribution in [2.45, 2.75) is 6.92 Å². The largest absolute Gasteiger partial charge is 0.328 e. The fraction of sp³-hybridized carbons (Fsp3) is 0.0417. The Morgan fingerprint density at radius 1 is 0.794 bits per heavy atom. The third-order valence-electron chi connectivity index (χ3n) is 4.90. The Balaban J connectivity index is 1.62. The third kappa shape index (κ3) is 5.25. The lowest BCUT2D eigenvalue weighted by molar-refractivity contribution is -0.133. The average molecular weight is 560 g/mol. The molecule has 0 aliphatic carbocycles. The van der Waals surface area contributed by atoms with E-state index in [9.17, 15) is 14.4 Å². The summed E-state index contributed by atoms with van der Waals surface area (Å²) in [7, 11) is 0. The molecule has 0 unspecified atom stereocenters. The molecule has 172 valence electrons. The van der Waals surface area contributed by atoms with Crippen LogP contribution in [0.5, 0.6) is 0 Å². The molecule has 3 amide bonds. The zero-order chi connectivity index (χ0) is 24.4. The van der Waals surface area contributed by atoms with Gasteiger partial charge in [-0.15, -0.1) is 0 Å². The van der Waals surface area contributed by atoms with Crippen LogP contribution in [0.1, 0.15) is 16.1 Å². The van der Waals surface area contributed by atoms with Crippen LogP contribution < -0.4 is 16.1 Å². The average Bonchev–Trinajstić information content (AvgIpc) is 3.15. The van der Waals surface area contributed by atoms with Gasteiger partial charge in [0.05, 0.1) is 15.6 Å². The van der Waals surface area contributed by atoms with Crippen LogP contribution in [0.4, 0.5) is 11.4 Å². The van der Waals surface area contributed by atoms with Crippen molar-refractivity contribution < 1.29 is 14.4 Å². The quantitative estimate of drug-likeness (QED) is 0.268. The van der Waals surface area contributed by atoms with Crippen LogP contribution >= 0.6 is 39.1 Å². The summed E-state index contributed by atoms with van der Waals surface area (Å²) in [4.78, 5) is 38.3. The number of nitrogens with one attached hydrogen (secondary N) is 3. The number of carbonyl (C=O) groups is 3. The maximum absolute atomic E-state index is 13.1. The molecular weight excluding hydrogens is 543 g/mol. The molecule has 0 bridgehead atoms. The molecular formula is C24H17BrCl2N4O3. The van der Waals surface area contributed by atoms with E-state index in [1.54, 1.807) is 48.5 Å². The summed E-state index contributed by atoms with van der Waals surface area (Å²) < 4.78 is 2.06. The minimum absolute atomic E-state index is 0.107. The Hall–Kier alpha value is -3.33. The van der Waals surface area contributed by atoms with Crippen LogP contribution in [0.15, 0.2) is 71.2 Å². The van der Waals surface area contributed by atoms with Crippen molar-refractivity contribution in [2.75, 3.05) is 16.1 Å². The number of anilines is 2. The zero-order valence-electron chi connectivity index (χ0n) is 17.7. The van der Waals surface area contributed by atoms with E-state index in [-0.39, 0.29) is 10.7 Å². The van der Waals surface area contributed by atoms with Gasteiger partial charge in [0.15, 0.2) is 0 Å². The number of halogens is 3. The van der Waals surface area contributed by atoms with Gasteiger partial charge in [-0.25, -0.2) is 4.68 Å². The highest BCUT2D eigenvalue weighted by Gasteiger charge is 2.21.